The number of sulfonamides is 1. The molecule has 3 rings (SSSR count). The average molecular weight is 419 g/mol. The highest BCUT2D eigenvalue weighted by atomic mass is 32.2. The fraction of sp³-hybridized carbons (Fsp3) is 0.455. The van der Waals surface area contributed by atoms with Gasteiger partial charge in [0.15, 0.2) is 0 Å². The smallest absolute Gasteiger partial charge is 0.247 e. The Morgan fingerprint density at radius 3 is 2.03 bits per heavy atom. The van der Waals surface area contributed by atoms with Crippen LogP contribution in [0.15, 0.2) is 41.3 Å². The fourth-order valence-corrected chi connectivity index (χ4v) is 5.06. The third kappa shape index (κ3) is 4.67. The highest BCUT2D eigenvalue weighted by molar-refractivity contribution is 7.89. The second-order valence-electron chi connectivity index (χ2n) is 7.16. The van der Waals surface area contributed by atoms with E-state index in [1.54, 1.807) is 16.4 Å². The van der Waals surface area contributed by atoms with Gasteiger partial charge in [0, 0.05) is 37.9 Å². The summed E-state index contributed by atoms with van der Waals surface area (Å²) in [6.07, 6.45) is 0. The quantitative estimate of drug-likeness (QED) is 0.687. The van der Waals surface area contributed by atoms with Crippen molar-refractivity contribution in [2.75, 3.05) is 44.3 Å². The van der Waals surface area contributed by atoms with E-state index in [-0.39, 0.29) is 4.90 Å². The summed E-state index contributed by atoms with van der Waals surface area (Å²) in [6, 6.07) is 11.7. The zero-order valence-electron chi connectivity index (χ0n) is 17.6. The lowest BCUT2D eigenvalue weighted by molar-refractivity contribution is 0.318. The van der Waals surface area contributed by atoms with Crippen LogP contribution in [0.4, 0.5) is 5.69 Å². The topological polar surface area (TPSA) is 59.1 Å². The second kappa shape index (κ2) is 9.05. The minimum Gasteiger partial charge on any atom is -0.494 e. The van der Waals surface area contributed by atoms with E-state index >= 15 is 0 Å². The summed E-state index contributed by atoms with van der Waals surface area (Å²) >= 11 is 0. The van der Waals surface area contributed by atoms with Gasteiger partial charge in [-0.15, -0.1) is 0 Å². The molecule has 1 fully saturated rings. The van der Waals surface area contributed by atoms with Crippen molar-refractivity contribution in [3.8, 4) is 11.5 Å². The number of rotatable bonds is 7. The molecule has 29 heavy (non-hydrogen) atoms. The molecule has 0 atom stereocenters. The molecule has 158 valence electrons. The monoisotopic (exact) mass is 418 g/mol. The number of nitrogens with zero attached hydrogens (tertiary/aromatic N) is 2. The number of ether oxygens (including phenoxy) is 2. The Labute approximate surface area is 174 Å². The van der Waals surface area contributed by atoms with Crippen molar-refractivity contribution in [1.82, 2.24) is 4.31 Å². The minimum absolute atomic E-state index is 0.178. The van der Waals surface area contributed by atoms with Gasteiger partial charge in [0.25, 0.3) is 0 Å². The molecule has 0 N–H and O–H groups in total. The molecule has 0 saturated carbocycles. The molecule has 0 aromatic heterocycles. The highest BCUT2D eigenvalue weighted by Crippen LogP contribution is 2.34. The molecule has 0 bridgehead atoms. The van der Waals surface area contributed by atoms with Crippen molar-refractivity contribution < 1.29 is 17.9 Å². The molecule has 0 aliphatic carbocycles. The van der Waals surface area contributed by atoms with Gasteiger partial charge in [-0.05, 0) is 51.5 Å². The van der Waals surface area contributed by atoms with Gasteiger partial charge >= 0.3 is 0 Å². The number of benzene rings is 2. The molecule has 0 amide bonds. The molecule has 2 aromatic carbocycles. The van der Waals surface area contributed by atoms with Crippen LogP contribution in [-0.2, 0) is 10.0 Å². The predicted molar refractivity (Wildman–Crippen MR) is 116 cm³/mol. The largest absolute Gasteiger partial charge is 0.494 e. The summed E-state index contributed by atoms with van der Waals surface area (Å²) in [7, 11) is -3.68. The first-order valence-electron chi connectivity index (χ1n) is 10.1. The third-order valence-corrected chi connectivity index (χ3v) is 7.02. The van der Waals surface area contributed by atoms with E-state index in [0.717, 1.165) is 11.3 Å². The first-order valence-corrected chi connectivity index (χ1v) is 11.5. The third-order valence-electron chi connectivity index (χ3n) is 5.10. The number of piperazine rings is 1. The van der Waals surface area contributed by atoms with E-state index in [1.165, 1.54) is 5.56 Å². The Hall–Kier alpha value is -2.25. The maximum Gasteiger partial charge on any atom is 0.247 e. The lowest BCUT2D eigenvalue weighted by Gasteiger charge is -2.35. The van der Waals surface area contributed by atoms with E-state index in [4.69, 9.17) is 9.47 Å². The zero-order valence-corrected chi connectivity index (χ0v) is 18.5. The molecule has 1 aliphatic rings. The molecule has 1 aliphatic heterocycles. The van der Waals surface area contributed by atoms with Crippen molar-refractivity contribution in [3.63, 3.8) is 0 Å². The van der Waals surface area contributed by atoms with Gasteiger partial charge in [-0.25, -0.2) is 8.42 Å². The molecule has 2 aromatic rings. The number of hydrogen-bond donors (Lipinski definition) is 0. The Balaban J connectivity index is 1.83. The van der Waals surface area contributed by atoms with Gasteiger partial charge in [0.1, 0.15) is 16.4 Å². The Bertz CT molecular complexity index is 934. The van der Waals surface area contributed by atoms with Crippen molar-refractivity contribution in [2.24, 2.45) is 0 Å². The molecule has 0 unspecified atom stereocenters. The van der Waals surface area contributed by atoms with Gasteiger partial charge < -0.3 is 14.4 Å². The number of aryl methyl sites for hydroxylation is 2. The minimum atomic E-state index is -3.68. The Morgan fingerprint density at radius 2 is 1.45 bits per heavy atom. The van der Waals surface area contributed by atoms with Crippen LogP contribution < -0.4 is 14.4 Å². The molecule has 0 spiro atoms. The molecule has 1 saturated heterocycles. The molecule has 7 heteroatoms. The van der Waals surface area contributed by atoms with Crippen LogP contribution in [0.25, 0.3) is 0 Å². The van der Waals surface area contributed by atoms with Crippen LogP contribution in [0.5, 0.6) is 11.5 Å². The van der Waals surface area contributed by atoms with Crippen LogP contribution in [0.1, 0.15) is 25.0 Å². The summed E-state index contributed by atoms with van der Waals surface area (Å²) in [4.78, 5) is 2.40. The van der Waals surface area contributed by atoms with Crippen LogP contribution in [-0.4, -0.2) is 52.1 Å². The van der Waals surface area contributed by atoms with E-state index in [0.29, 0.717) is 50.9 Å². The standard InChI is InChI=1S/C22H30N2O4S/c1-5-27-20-16-22(21(28-6-2)15-18(20)4)29(25,26)24-13-11-23(12-14-24)19-9-7-17(3)8-10-19/h7-10,15-16H,5-6,11-14H2,1-4H3. The summed E-state index contributed by atoms with van der Waals surface area (Å²) in [6.45, 7) is 10.7. The summed E-state index contributed by atoms with van der Waals surface area (Å²) in [5, 5.41) is 0. The van der Waals surface area contributed by atoms with Crippen LogP contribution in [0.2, 0.25) is 0 Å². The van der Waals surface area contributed by atoms with Gasteiger partial charge in [0.2, 0.25) is 10.0 Å². The SMILES string of the molecule is CCOc1cc(S(=O)(=O)N2CCN(c3ccc(C)cc3)CC2)c(OCC)cc1C. The van der Waals surface area contributed by atoms with Crippen LogP contribution >= 0.6 is 0 Å². The number of anilines is 1. The highest BCUT2D eigenvalue weighted by Gasteiger charge is 2.32. The predicted octanol–water partition coefficient (Wildman–Crippen LogP) is 3.61. The number of hydrogen-bond acceptors (Lipinski definition) is 5. The van der Waals surface area contributed by atoms with E-state index in [9.17, 15) is 8.42 Å². The maximum atomic E-state index is 13.4. The lowest BCUT2D eigenvalue weighted by Crippen LogP contribution is -2.48. The first-order chi connectivity index (χ1) is 13.9. The van der Waals surface area contributed by atoms with Crippen molar-refractivity contribution in [3.05, 3.63) is 47.5 Å². The average Bonchev–Trinajstić information content (AvgIpc) is 2.71. The maximum absolute atomic E-state index is 13.4. The normalized spacial score (nSPS) is 15.4. The van der Waals surface area contributed by atoms with E-state index in [1.807, 2.05) is 20.8 Å². The zero-order chi connectivity index (χ0) is 21.0. The van der Waals surface area contributed by atoms with E-state index < -0.39 is 10.0 Å². The van der Waals surface area contributed by atoms with Crippen LogP contribution in [0.3, 0.4) is 0 Å². The van der Waals surface area contributed by atoms with Crippen LogP contribution in [0, 0.1) is 13.8 Å². The van der Waals surface area contributed by atoms with Gasteiger partial charge in [-0.1, -0.05) is 17.7 Å². The van der Waals surface area contributed by atoms with Gasteiger partial charge in [0.05, 0.1) is 13.2 Å². The second-order valence-corrected chi connectivity index (χ2v) is 9.06. The van der Waals surface area contributed by atoms with Crippen molar-refractivity contribution in [2.45, 2.75) is 32.6 Å². The lowest BCUT2D eigenvalue weighted by atomic mass is 10.2. The summed E-state index contributed by atoms with van der Waals surface area (Å²) < 4.78 is 39.7. The molecule has 1 heterocycles. The summed E-state index contributed by atoms with van der Waals surface area (Å²) in [5.74, 6) is 0.960. The van der Waals surface area contributed by atoms with Gasteiger partial charge in [-0.2, -0.15) is 4.31 Å². The molecular formula is C22H30N2O4S. The molecule has 0 radical (unpaired) electrons. The summed E-state index contributed by atoms with van der Waals surface area (Å²) in [5.41, 5.74) is 3.19. The van der Waals surface area contributed by atoms with E-state index in [2.05, 4.69) is 36.1 Å². The van der Waals surface area contributed by atoms with Crippen molar-refractivity contribution in [1.29, 1.82) is 0 Å². The Morgan fingerprint density at radius 1 is 0.862 bits per heavy atom. The fourth-order valence-electron chi connectivity index (χ4n) is 3.51. The Kier molecular flexibility index (Phi) is 6.70. The van der Waals surface area contributed by atoms with Crippen molar-refractivity contribution >= 4 is 15.7 Å². The molecular weight excluding hydrogens is 388 g/mol. The first kappa shape index (κ1) is 21.5. The van der Waals surface area contributed by atoms with Gasteiger partial charge in [-0.3, -0.25) is 0 Å². The molecule has 6 nitrogen and oxygen atoms in total.